The van der Waals surface area contributed by atoms with Gasteiger partial charge in [-0.3, -0.25) is 0 Å². The molecular formula is C13H18. The third-order valence-corrected chi connectivity index (χ3v) is 2.52. The van der Waals surface area contributed by atoms with Crippen LogP contribution in [0.3, 0.4) is 0 Å². The summed E-state index contributed by atoms with van der Waals surface area (Å²) in [7, 11) is 0. The number of allylic oxidation sites excluding steroid dienone is 1. The quantitative estimate of drug-likeness (QED) is 0.604. The molecule has 1 rings (SSSR count). The van der Waals surface area contributed by atoms with Gasteiger partial charge in [0, 0.05) is 0 Å². The van der Waals surface area contributed by atoms with E-state index in [4.69, 9.17) is 0 Å². The van der Waals surface area contributed by atoms with Crippen molar-refractivity contribution in [1.82, 2.24) is 0 Å². The van der Waals surface area contributed by atoms with Crippen molar-refractivity contribution in [3.8, 4) is 0 Å². The Labute approximate surface area is 81.3 Å². The van der Waals surface area contributed by atoms with E-state index in [-0.39, 0.29) is 0 Å². The highest BCUT2D eigenvalue weighted by atomic mass is 14.1. The van der Waals surface area contributed by atoms with Gasteiger partial charge in [0.15, 0.2) is 0 Å². The zero-order valence-electron chi connectivity index (χ0n) is 8.59. The molecule has 0 aliphatic rings. The smallest absolute Gasteiger partial charge is 0.0185 e. The maximum absolute atomic E-state index is 3.75. The molecule has 0 spiro atoms. The van der Waals surface area contributed by atoms with E-state index in [1.54, 1.807) is 0 Å². The van der Waals surface area contributed by atoms with E-state index in [0.29, 0.717) is 5.92 Å². The van der Waals surface area contributed by atoms with E-state index in [9.17, 15) is 0 Å². The number of aryl methyl sites for hydroxylation is 1. The molecule has 0 fully saturated rings. The van der Waals surface area contributed by atoms with Crippen LogP contribution >= 0.6 is 0 Å². The van der Waals surface area contributed by atoms with Gasteiger partial charge in [-0.1, -0.05) is 37.3 Å². The second kappa shape index (κ2) is 4.86. The monoisotopic (exact) mass is 174 g/mol. The maximum Gasteiger partial charge on any atom is -0.0185 e. The summed E-state index contributed by atoms with van der Waals surface area (Å²) in [5.41, 5.74) is 2.88. The van der Waals surface area contributed by atoms with Gasteiger partial charge >= 0.3 is 0 Å². The van der Waals surface area contributed by atoms with Gasteiger partial charge in [-0.2, -0.15) is 0 Å². The molecule has 0 saturated carbocycles. The molecule has 0 aliphatic carbocycles. The maximum atomic E-state index is 3.75. The van der Waals surface area contributed by atoms with Gasteiger partial charge in [-0.05, 0) is 36.8 Å². The first kappa shape index (κ1) is 10.0. The number of hydrogen-bond donors (Lipinski definition) is 0. The normalized spacial score (nSPS) is 12.5. The van der Waals surface area contributed by atoms with E-state index in [0.717, 1.165) is 6.42 Å². The minimum atomic E-state index is 0.652. The molecule has 0 heteroatoms. The van der Waals surface area contributed by atoms with Crippen LogP contribution in [0.15, 0.2) is 36.9 Å². The van der Waals surface area contributed by atoms with Crippen LogP contribution < -0.4 is 0 Å². The second-order valence-electron chi connectivity index (χ2n) is 3.62. The molecule has 70 valence electrons. The summed E-state index contributed by atoms with van der Waals surface area (Å²) in [6.45, 7) is 8.21. The Hall–Kier alpha value is -1.04. The fraction of sp³-hybridized carbons (Fsp3) is 0.385. The lowest BCUT2D eigenvalue weighted by Crippen LogP contribution is -1.95. The van der Waals surface area contributed by atoms with E-state index < -0.39 is 0 Å². The average molecular weight is 174 g/mol. The Balaban J connectivity index is 2.70. The predicted octanol–water partition coefficient (Wildman–Crippen LogP) is 4.06. The topological polar surface area (TPSA) is 0 Å². The van der Waals surface area contributed by atoms with Crippen LogP contribution in [-0.4, -0.2) is 0 Å². The van der Waals surface area contributed by atoms with Crippen LogP contribution in [0.2, 0.25) is 0 Å². The molecule has 1 aromatic rings. The largest absolute Gasteiger partial charge is 0.103 e. The molecule has 1 atom stereocenters. The average Bonchev–Trinajstić information content (AvgIpc) is 2.15. The van der Waals surface area contributed by atoms with Crippen LogP contribution in [0.5, 0.6) is 0 Å². The first-order valence-electron chi connectivity index (χ1n) is 4.92. The Kier molecular flexibility index (Phi) is 3.75. The highest BCUT2D eigenvalue weighted by Gasteiger charge is 2.05. The second-order valence-corrected chi connectivity index (χ2v) is 3.62. The molecule has 0 heterocycles. The zero-order valence-corrected chi connectivity index (χ0v) is 8.59. The summed E-state index contributed by atoms with van der Waals surface area (Å²) >= 11 is 0. The fourth-order valence-electron chi connectivity index (χ4n) is 1.66. The van der Waals surface area contributed by atoms with Gasteiger partial charge in [0.2, 0.25) is 0 Å². The summed E-state index contributed by atoms with van der Waals surface area (Å²) in [6.07, 6.45) is 4.30. The Bertz CT molecular complexity index is 273. The van der Waals surface area contributed by atoms with Crippen molar-refractivity contribution in [2.24, 2.45) is 0 Å². The SMILES string of the molecule is C=CCCC(C)c1ccccc1C. The van der Waals surface area contributed by atoms with Crippen LogP contribution in [0.25, 0.3) is 0 Å². The van der Waals surface area contributed by atoms with Gasteiger partial charge in [0.1, 0.15) is 0 Å². The molecule has 0 saturated heterocycles. The fourth-order valence-corrected chi connectivity index (χ4v) is 1.66. The summed E-state index contributed by atoms with van der Waals surface area (Å²) in [4.78, 5) is 0. The van der Waals surface area contributed by atoms with Crippen molar-refractivity contribution in [3.63, 3.8) is 0 Å². The summed E-state index contributed by atoms with van der Waals surface area (Å²) in [5.74, 6) is 0.652. The first-order valence-corrected chi connectivity index (χ1v) is 4.92. The Morgan fingerprint density at radius 2 is 2.08 bits per heavy atom. The molecule has 0 amide bonds. The molecule has 1 unspecified atom stereocenters. The lowest BCUT2D eigenvalue weighted by molar-refractivity contribution is 0.687. The molecule has 0 N–H and O–H groups in total. The third kappa shape index (κ3) is 2.73. The van der Waals surface area contributed by atoms with Gasteiger partial charge in [-0.15, -0.1) is 6.58 Å². The van der Waals surface area contributed by atoms with Crippen molar-refractivity contribution in [2.45, 2.75) is 32.6 Å². The summed E-state index contributed by atoms with van der Waals surface area (Å²) < 4.78 is 0. The van der Waals surface area contributed by atoms with Crippen molar-refractivity contribution in [1.29, 1.82) is 0 Å². The summed E-state index contributed by atoms with van der Waals surface area (Å²) in [5, 5.41) is 0. The molecule has 0 nitrogen and oxygen atoms in total. The number of rotatable bonds is 4. The predicted molar refractivity (Wildman–Crippen MR) is 59.0 cm³/mol. The van der Waals surface area contributed by atoms with Crippen LogP contribution in [-0.2, 0) is 0 Å². The lowest BCUT2D eigenvalue weighted by Gasteiger charge is -2.13. The molecule has 0 aliphatic heterocycles. The standard InChI is InChI=1S/C13H18/c1-4-5-8-11(2)13-10-7-6-9-12(13)3/h4,6-7,9-11H,1,5,8H2,2-3H3. The van der Waals surface area contributed by atoms with E-state index in [1.165, 1.54) is 17.5 Å². The minimum absolute atomic E-state index is 0.652. The van der Waals surface area contributed by atoms with Crippen molar-refractivity contribution in [2.75, 3.05) is 0 Å². The molecule has 0 radical (unpaired) electrons. The van der Waals surface area contributed by atoms with E-state index in [1.807, 2.05) is 6.08 Å². The Morgan fingerprint density at radius 3 is 2.69 bits per heavy atom. The number of benzene rings is 1. The first-order chi connectivity index (χ1) is 6.25. The van der Waals surface area contributed by atoms with E-state index >= 15 is 0 Å². The lowest BCUT2D eigenvalue weighted by atomic mass is 9.93. The third-order valence-electron chi connectivity index (χ3n) is 2.52. The molecule has 13 heavy (non-hydrogen) atoms. The molecular weight excluding hydrogens is 156 g/mol. The summed E-state index contributed by atoms with van der Waals surface area (Å²) in [6, 6.07) is 8.62. The minimum Gasteiger partial charge on any atom is -0.103 e. The number of hydrogen-bond acceptors (Lipinski definition) is 0. The van der Waals surface area contributed by atoms with Crippen LogP contribution in [0.4, 0.5) is 0 Å². The molecule has 0 aromatic heterocycles. The van der Waals surface area contributed by atoms with Gasteiger partial charge in [-0.25, -0.2) is 0 Å². The van der Waals surface area contributed by atoms with Crippen molar-refractivity contribution >= 4 is 0 Å². The Morgan fingerprint density at radius 1 is 1.38 bits per heavy atom. The van der Waals surface area contributed by atoms with Gasteiger partial charge in [0.25, 0.3) is 0 Å². The van der Waals surface area contributed by atoms with Gasteiger partial charge in [0.05, 0.1) is 0 Å². The van der Waals surface area contributed by atoms with Gasteiger partial charge < -0.3 is 0 Å². The zero-order chi connectivity index (χ0) is 9.68. The van der Waals surface area contributed by atoms with E-state index in [2.05, 4.69) is 44.7 Å². The highest BCUT2D eigenvalue weighted by molar-refractivity contribution is 5.28. The molecule has 0 bridgehead atoms. The highest BCUT2D eigenvalue weighted by Crippen LogP contribution is 2.23. The van der Waals surface area contributed by atoms with Crippen molar-refractivity contribution < 1.29 is 0 Å². The van der Waals surface area contributed by atoms with Crippen LogP contribution in [0.1, 0.15) is 36.8 Å². The van der Waals surface area contributed by atoms with Crippen LogP contribution in [0, 0.1) is 6.92 Å². The van der Waals surface area contributed by atoms with Crippen molar-refractivity contribution in [3.05, 3.63) is 48.0 Å². The molecule has 1 aromatic carbocycles.